The largest absolute Gasteiger partial charge is 0.409 e. The molecule has 106 valence electrons. The lowest BCUT2D eigenvalue weighted by Gasteiger charge is -2.40. The molecule has 7 heteroatoms. The number of hydrogen-bond acceptors (Lipinski definition) is 4. The highest BCUT2D eigenvalue weighted by atomic mass is 16.4. The van der Waals surface area contributed by atoms with Crippen LogP contribution >= 0.6 is 0 Å². The van der Waals surface area contributed by atoms with Gasteiger partial charge in [-0.1, -0.05) is 5.16 Å². The van der Waals surface area contributed by atoms with Crippen LogP contribution in [0.15, 0.2) is 5.16 Å². The average Bonchev–Trinajstić information content (AvgIpc) is 2.77. The van der Waals surface area contributed by atoms with Crippen LogP contribution in [0.25, 0.3) is 0 Å². The second-order valence-electron chi connectivity index (χ2n) is 5.64. The van der Waals surface area contributed by atoms with Crippen molar-refractivity contribution in [1.82, 2.24) is 9.80 Å². The van der Waals surface area contributed by atoms with Crippen LogP contribution in [0.1, 0.15) is 26.7 Å². The normalized spacial score (nSPS) is 24.6. The van der Waals surface area contributed by atoms with Crippen molar-refractivity contribution >= 4 is 17.6 Å². The van der Waals surface area contributed by atoms with E-state index in [-0.39, 0.29) is 23.7 Å². The maximum absolute atomic E-state index is 12.4. The third-order valence-electron chi connectivity index (χ3n) is 4.06. The molecule has 0 saturated carbocycles. The van der Waals surface area contributed by atoms with E-state index in [2.05, 4.69) is 5.16 Å². The zero-order valence-corrected chi connectivity index (χ0v) is 11.3. The third kappa shape index (κ3) is 2.24. The fourth-order valence-corrected chi connectivity index (χ4v) is 2.68. The number of hydrogen-bond donors (Lipinski definition) is 2. The fraction of sp³-hybridized carbons (Fsp3) is 0.750. The van der Waals surface area contributed by atoms with E-state index in [1.54, 1.807) is 18.7 Å². The number of amides is 2. The van der Waals surface area contributed by atoms with E-state index < -0.39 is 5.41 Å². The van der Waals surface area contributed by atoms with Gasteiger partial charge in [0.15, 0.2) is 5.84 Å². The predicted molar refractivity (Wildman–Crippen MR) is 68.5 cm³/mol. The SMILES string of the molecule is CC(C)(C(=O)N1CCN2C(=O)CCC2C1)C(N)=NO. The molecule has 2 heterocycles. The fourth-order valence-electron chi connectivity index (χ4n) is 2.68. The van der Waals surface area contributed by atoms with Crippen LogP contribution in [0, 0.1) is 5.41 Å². The van der Waals surface area contributed by atoms with Crippen molar-refractivity contribution in [3.8, 4) is 0 Å². The Morgan fingerprint density at radius 1 is 1.47 bits per heavy atom. The van der Waals surface area contributed by atoms with Crippen LogP contribution in [0.5, 0.6) is 0 Å². The van der Waals surface area contributed by atoms with Gasteiger partial charge in [0.25, 0.3) is 0 Å². The number of rotatable bonds is 2. The lowest BCUT2D eigenvalue weighted by atomic mass is 9.89. The molecule has 2 aliphatic heterocycles. The minimum Gasteiger partial charge on any atom is -0.409 e. The molecule has 0 spiro atoms. The summed E-state index contributed by atoms with van der Waals surface area (Å²) < 4.78 is 0. The minimum atomic E-state index is -1.03. The van der Waals surface area contributed by atoms with Crippen molar-refractivity contribution in [3.05, 3.63) is 0 Å². The van der Waals surface area contributed by atoms with Gasteiger partial charge in [-0.15, -0.1) is 0 Å². The second-order valence-corrected chi connectivity index (χ2v) is 5.64. The van der Waals surface area contributed by atoms with E-state index >= 15 is 0 Å². The Hall–Kier alpha value is -1.79. The van der Waals surface area contributed by atoms with Crippen LogP contribution in [0.2, 0.25) is 0 Å². The van der Waals surface area contributed by atoms with E-state index in [4.69, 9.17) is 10.9 Å². The smallest absolute Gasteiger partial charge is 0.236 e. The summed E-state index contributed by atoms with van der Waals surface area (Å²) in [5.74, 6) is -0.0861. The van der Waals surface area contributed by atoms with Gasteiger partial charge in [-0.2, -0.15) is 0 Å². The molecule has 0 aliphatic carbocycles. The Kier molecular flexibility index (Phi) is 3.38. The molecule has 2 amide bonds. The highest BCUT2D eigenvalue weighted by molar-refractivity contribution is 6.06. The van der Waals surface area contributed by atoms with Crippen LogP contribution in [-0.4, -0.2) is 58.3 Å². The highest BCUT2D eigenvalue weighted by Gasteiger charge is 2.42. The number of oxime groups is 1. The Morgan fingerprint density at radius 2 is 2.16 bits per heavy atom. The first kappa shape index (κ1) is 13.6. The second kappa shape index (κ2) is 4.71. The molecule has 2 saturated heterocycles. The van der Waals surface area contributed by atoms with Gasteiger partial charge in [-0.3, -0.25) is 9.59 Å². The number of amidine groups is 1. The van der Waals surface area contributed by atoms with Gasteiger partial charge < -0.3 is 20.7 Å². The summed E-state index contributed by atoms with van der Waals surface area (Å²) in [4.78, 5) is 27.6. The van der Waals surface area contributed by atoms with Crippen LogP contribution in [0.4, 0.5) is 0 Å². The monoisotopic (exact) mass is 268 g/mol. The van der Waals surface area contributed by atoms with Gasteiger partial charge in [0, 0.05) is 32.1 Å². The first-order valence-corrected chi connectivity index (χ1v) is 6.44. The van der Waals surface area contributed by atoms with Gasteiger partial charge in [-0.25, -0.2) is 0 Å². The summed E-state index contributed by atoms with van der Waals surface area (Å²) in [6.07, 6.45) is 1.36. The van der Waals surface area contributed by atoms with Gasteiger partial charge in [0.05, 0.1) is 0 Å². The zero-order valence-electron chi connectivity index (χ0n) is 11.3. The maximum Gasteiger partial charge on any atom is 0.236 e. The first-order chi connectivity index (χ1) is 8.87. The predicted octanol–water partition coefficient (Wildman–Crippen LogP) is -0.408. The number of nitrogens with zero attached hydrogens (tertiary/aromatic N) is 3. The molecular formula is C12H20N4O3. The molecule has 1 atom stereocenters. The highest BCUT2D eigenvalue weighted by Crippen LogP contribution is 2.26. The van der Waals surface area contributed by atoms with E-state index in [9.17, 15) is 9.59 Å². The minimum absolute atomic E-state index is 0.0950. The van der Waals surface area contributed by atoms with Crippen LogP contribution in [-0.2, 0) is 9.59 Å². The van der Waals surface area contributed by atoms with Crippen molar-refractivity contribution in [2.45, 2.75) is 32.7 Å². The van der Waals surface area contributed by atoms with E-state index in [1.165, 1.54) is 0 Å². The molecule has 0 aromatic rings. The summed E-state index contributed by atoms with van der Waals surface area (Å²) in [7, 11) is 0. The Morgan fingerprint density at radius 3 is 2.79 bits per heavy atom. The number of fused-ring (bicyclic) bond motifs is 1. The van der Waals surface area contributed by atoms with Crippen LogP contribution in [0.3, 0.4) is 0 Å². The Bertz CT molecular complexity index is 433. The molecule has 1 unspecified atom stereocenters. The standard InChI is InChI=1S/C12H20N4O3/c1-12(2,10(13)14-19)11(18)15-5-6-16-8(7-15)3-4-9(16)17/h8,19H,3-7H2,1-2H3,(H2,13,14). The van der Waals surface area contributed by atoms with Crippen molar-refractivity contribution in [1.29, 1.82) is 0 Å². The van der Waals surface area contributed by atoms with E-state index in [0.717, 1.165) is 6.42 Å². The molecular weight excluding hydrogens is 248 g/mol. The Balaban J connectivity index is 2.08. The van der Waals surface area contributed by atoms with Crippen molar-refractivity contribution in [2.24, 2.45) is 16.3 Å². The molecule has 0 bridgehead atoms. The number of piperazine rings is 1. The number of nitrogens with two attached hydrogens (primary N) is 1. The molecule has 19 heavy (non-hydrogen) atoms. The van der Waals surface area contributed by atoms with Gasteiger partial charge in [0.2, 0.25) is 11.8 Å². The lowest BCUT2D eigenvalue weighted by molar-refractivity contribution is -0.143. The maximum atomic E-state index is 12.4. The summed E-state index contributed by atoms with van der Waals surface area (Å²) in [5.41, 5.74) is 4.55. The van der Waals surface area contributed by atoms with E-state index in [1.807, 2.05) is 4.90 Å². The molecule has 2 fully saturated rings. The van der Waals surface area contributed by atoms with Crippen molar-refractivity contribution in [3.63, 3.8) is 0 Å². The molecule has 2 aliphatic rings. The van der Waals surface area contributed by atoms with Gasteiger partial charge in [-0.05, 0) is 20.3 Å². The molecule has 7 nitrogen and oxygen atoms in total. The van der Waals surface area contributed by atoms with Crippen LogP contribution < -0.4 is 5.73 Å². The molecule has 2 rings (SSSR count). The molecule has 0 aromatic heterocycles. The van der Waals surface area contributed by atoms with Gasteiger partial charge in [0.1, 0.15) is 5.41 Å². The van der Waals surface area contributed by atoms with Crippen molar-refractivity contribution < 1.29 is 14.8 Å². The summed E-state index contributed by atoms with van der Waals surface area (Å²) in [6.45, 7) is 4.88. The average molecular weight is 268 g/mol. The van der Waals surface area contributed by atoms with Gasteiger partial charge >= 0.3 is 0 Å². The number of carbonyl (C=O) groups is 2. The van der Waals surface area contributed by atoms with Crippen molar-refractivity contribution in [2.75, 3.05) is 19.6 Å². The molecule has 3 N–H and O–H groups in total. The summed E-state index contributed by atoms with van der Waals surface area (Å²) in [5, 5.41) is 11.7. The molecule has 0 aromatic carbocycles. The van der Waals surface area contributed by atoms with E-state index in [0.29, 0.717) is 26.1 Å². The quantitative estimate of drug-likeness (QED) is 0.308. The molecule has 0 radical (unpaired) electrons. The summed E-state index contributed by atoms with van der Waals surface area (Å²) >= 11 is 0. The lowest BCUT2D eigenvalue weighted by Crippen LogP contribution is -2.57. The zero-order chi connectivity index (χ0) is 14.2. The summed E-state index contributed by atoms with van der Waals surface area (Å²) in [6, 6.07) is 0.119. The number of carbonyl (C=O) groups excluding carboxylic acids is 2. The Labute approximate surface area is 112 Å². The topological polar surface area (TPSA) is 99.2 Å². The third-order valence-corrected chi connectivity index (χ3v) is 4.06. The first-order valence-electron chi connectivity index (χ1n) is 6.44.